The van der Waals surface area contributed by atoms with Gasteiger partial charge in [-0.15, -0.1) is 12.4 Å². The molecule has 2 saturated heterocycles. The number of aryl methyl sites for hydroxylation is 1. The summed E-state index contributed by atoms with van der Waals surface area (Å²) in [6.45, 7) is 7.32. The van der Waals surface area contributed by atoms with Crippen LogP contribution in [0, 0.1) is 18.8 Å². The summed E-state index contributed by atoms with van der Waals surface area (Å²) >= 11 is 0. The van der Waals surface area contributed by atoms with E-state index in [2.05, 4.69) is 10.0 Å². The van der Waals surface area contributed by atoms with Crippen LogP contribution in [0.1, 0.15) is 22.8 Å². The first-order valence-electron chi connectivity index (χ1n) is 8.02. The number of carbonyl (C=O) groups is 1. The molecule has 0 bridgehead atoms. The SMILES string of the molecule is CCNS(=O)(=O)c1ccc(C)c(C(=O)N2C[C@H]3CNC[C@H]3C2)c1.Cl. The maximum Gasteiger partial charge on any atom is 0.254 e. The van der Waals surface area contributed by atoms with Gasteiger partial charge in [-0.2, -0.15) is 0 Å². The Balaban J connectivity index is 0.00000208. The van der Waals surface area contributed by atoms with E-state index in [4.69, 9.17) is 0 Å². The normalized spacial score (nSPS) is 23.0. The third kappa shape index (κ3) is 3.59. The van der Waals surface area contributed by atoms with Gasteiger partial charge in [0.15, 0.2) is 0 Å². The van der Waals surface area contributed by atoms with Crippen molar-refractivity contribution in [3.63, 3.8) is 0 Å². The summed E-state index contributed by atoms with van der Waals surface area (Å²) in [6, 6.07) is 4.75. The molecule has 0 aromatic heterocycles. The Morgan fingerprint density at radius 1 is 1.29 bits per heavy atom. The van der Waals surface area contributed by atoms with Crippen LogP contribution in [0.3, 0.4) is 0 Å². The monoisotopic (exact) mass is 373 g/mol. The molecule has 6 nitrogen and oxygen atoms in total. The molecule has 2 N–H and O–H groups in total. The number of rotatable bonds is 4. The summed E-state index contributed by atoms with van der Waals surface area (Å²) in [4.78, 5) is 14.8. The van der Waals surface area contributed by atoms with Crippen molar-refractivity contribution in [2.45, 2.75) is 18.7 Å². The van der Waals surface area contributed by atoms with E-state index in [1.165, 1.54) is 6.07 Å². The van der Waals surface area contributed by atoms with E-state index >= 15 is 0 Å². The molecular weight excluding hydrogens is 350 g/mol. The third-order valence-corrected chi connectivity index (χ3v) is 6.30. The summed E-state index contributed by atoms with van der Waals surface area (Å²) in [5, 5.41) is 3.35. The molecule has 134 valence electrons. The minimum Gasteiger partial charge on any atom is -0.338 e. The lowest BCUT2D eigenvalue weighted by atomic mass is 10.0. The molecular formula is C16H24ClN3O3S. The highest BCUT2D eigenvalue weighted by molar-refractivity contribution is 7.89. The Hall–Kier alpha value is -1.15. The smallest absolute Gasteiger partial charge is 0.254 e. The van der Waals surface area contributed by atoms with Gasteiger partial charge in [0.05, 0.1) is 4.90 Å². The van der Waals surface area contributed by atoms with E-state index in [-0.39, 0.29) is 23.2 Å². The average molecular weight is 374 g/mol. The maximum atomic E-state index is 12.8. The largest absolute Gasteiger partial charge is 0.338 e. The Morgan fingerprint density at radius 2 is 1.92 bits per heavy atom. The standard InChI is InChI=1S/C16H23N3O3S.ClH/c1-3-18-23(21,22)14-5-4-11(2)15(6-14)16(20)19-9-12-7-17-8-13(12)10-19;/h4-6,12-13,17-18H,3,7-10H2,1-2H3;1H/t12-,13+;. The van der Waals surface area contributed by atoms with Crippen molar-refractivity contribution in [2.24, 2.45) is 11.8 Å². The lowest BCUT2D eigenvalue weighted by Crippen LogP contribution is -2.32. The molecule has 0 radical (unpaired) electrons. The Labute approximate surface area is 149 Å². The van der Waals surface area contributed by atoms with E-state index < -0.39 is 10.0 Å². The zero-order valence-electron chi connectivity index (χ0n) is 13.9. The van der Waals surface area contributed by atoms with Gasteiger partial charge in [-0.1, -0.05) is 13.0 Å². The minimum atomic E-state index is -3.55. The fraction of sp³-hybridized carbons (Fsp3) is 0.562. The van der Waals surface area contributed by atoms with Crippen LogP contribution >= 0.6 is 12.4 Å². The van der Waals surface area contributed by atoms with Crippen LogP contribution < -0.4 is 10.0 Å². The predicted molar refractivity (Wildman–Crippen MR) is 95.0 cm³/mol. The summed E-state index contributed by atoms with van der Waals surface area (Å²) in [5.74, 6) is 0.978. The van der Waals surface area contributed by atoms with Crippen LogP contribution in [0.25, 0.3) is 0 Å². The van der Waals surface area contributed by atoms with Crippen molar-refractivity contribution in [1.29, 1.82) is 0 Å². The Kier molecular flexibility index (Phi) is 5.91. The van der Waals surface area contributed by atoms with E-state index in [9.17, 15) is 13.2 Å². The zero-order valence-corrected chi connectivity index (χ0v) is 15.5. The van der Waals surface area contributed by atoms with Gasteiger partial charge in [-0.25, -0.2) is 13.1 Å². The highest BCUT2D eigenvalue weighted by atomic mass is 35.5. The van der Waals surface area contributed by atoms with Crippen LogP contribution in [0.4, 0.5) is 0 Å². The molecule has 2 atom stereocenters. The number of hydrogen-bond donors (Lipinski definition) is 2. The summed E-state index contributed by atoms with van der Waals surface area (Å²) in [7, 11) is -3.55. The topological polar surface area (TPSA) is 78.5 Å². The second-order valence-corrected chi connectivity index (χ2v) is 8.13. The molecule has 3 rings (SSSR count). The van der Waals surface area contributed by atoms with E-state index in [0.717, 1.165) is 31.7 Å². The maximum absolute atomic E-state index is 12.8. The summed E-state index contributed by atoms with van der Waals surface area (Å²) < 4.78 is 26.8. The molecule has 24 heavy (non-hydrogen) atoms. The molecule has 1 aromatic carbocycles. The van der Waals surface area contributed by atoms with Crippen molar-refractivity contribution in [3.8, 4) is 0 Å². The van der Waals surface area contributed by atoms with Crippen molar-refractivity contribution < 1.29 is 13.2 Å². The molecule has 2 fully saturated rings. The number of fused-ring (bicyclic) bond motifs is 1. The number of halogens is 1. The average Bonchev–Trinajstić information content (AvgIpc) is 3.08. The second kappa shape index (κ2) is 7.39. The van der Waals surface area contributed by atoms with Gasteiger partial charge >= 0.3 is 0 Å². The number of nitrogens with zero attached hydrogens (tertiary/aromatic N) is 1. The number of amides is 1. The summed E-state index contributed by atoms with van der Waals surface area (Å²) in [6.07, 6.45) is 0. The van der Waals surface area contributed by atoms with E-state index in [1.807, 2.05) is 11.8 Å². The third-order valence-electron chi connectivity index (χ3n) is 4.76. The quantitative estimate of drug-likeness (QED) is 0.825. The molecule has 2 aliphatic rings. The van der Waals surface area contributed by atoms with E-state index in [0.29, 0.717) is 23.9 Å². The lowest BCUT2D eigenvalue weighted by Gasteiger charge is -2.19. The second-order valence-electron chi connectivity index (χ2n) is 6.37. The molecule has 2 aliphatic heterocycles. The van der Waals surface area contributed by atoms with Crippen molar-refractivity contribution in [3.05, 3.63) is 29.3 Å². The van der Waals surface area contributed by atoms with Gasteiger partial charge in [-0.05, 0) is 36.5 Å². The van der Waals surface area contributed by atoms with Gasteiger partial charge < -0.3 is 10.2 Å². The predicted octanol–water partition coefficient (Wildman–Crippen LogP) is 1.01. The summed E-state index contributed by atoms with van der Waals surface area (Å²) in [5.41, 5.74) is 1.29. The van der Waals surface area contributed by atoms with Gasteiger partial charge in [0.1, 0.15) is 0 Å². The molecule has 1 aromatic rings. The highest BCUT2D eigenvalue weighted by Crippen LogP contribution is 2.28. The minimum absolute atomic E-state index is 0. The molecule has 0 aliphatic carbocycles. The molecule has 0 saturated carbocycles. The zero-order chi connectivity index (χ0) is 16.6. The first kappa shape index (κ1) is 19.2. The number of likely N-dealkylation sites (tertiary alicyclic amines) is 1. The first-order valence-corrected chi connectivity index (χ1v) is 9.51. The highest BCUT2D eigenvalue weighted by Gasteiger charge is 2.38. The molecule has 8 heteroatoms. The number of benzene rings is 1. The van der Waals surface area contributed by atoms with Crippen molar-refractivity contribution in [1.82, 2.24) is 14.9 Å². The Morgan fingerprint density at radius 3 is 2.50 bits per heavy atom. The number of sulfonamides is 1. The van der Waals surface area contributed by atoms with Gasteiger partial charge in [-0.3, -0.25) is 4.79 Å². The van der Waals surface area contributed by atoms with Gasteiger partial charge in [0.25, 0.3) is 5.91 Å². The number of nitrogens with one attached hydrogen (secondary N) is 2. The van der Waals surface area contributed by atoms with Crippen molar-refractivity contribution >= 4 is 28.3 Å². The van der Waals surface area contributed by atoms with Crippen LogP contribution in [-0.2, 0) is 10.0 Å². The lowest BCUT2D eigenvalue weighted by molar-refractivity contribution is 0.0780. The molecule has 0 unspecified atom stereocenters. The fourth-order valence-corrected chi connectivity index (χ4v) is 4.53. The molecule has 0 spiro atoms. The van der Waals surface area contributed by atoms with Gasteiger partial charge in [0, 0.05) is 38.3 Å². The van der Waals surface area contributed by atoms with Crippen molar-refractivity contribution in [2.75, 3.05) is 32.7 Å². The number of hydrogen-bond acceptors (Lipinski definition) is 4. The molecule has 1 amide bonds. The van der Waals surface area contributed by atoms with Crippen LogP contribution in [-0.4, -0.2) is 51.9 Å². The fourth-order valence-electron chi connectivity index (χ4n) is 3.46. The Bertz CT molecular complexity index is 711. The van der Waals surface area contributed by atoms with Crippen LogP contribution in [0.15, 0.2) is 23.1 Å². The molecule has 2 heterocycles. The first-order chi connectivity index (χ1) is 10.9. The van der Waals surface area contributed by atoms with Crippen LogP contribution in [0.2, 0.25) is 0 Å². The van der Waals surface area contributed by atoms with Gasteiger partial charge in [0.2, 0.25) is 10.0 Å². The van der Waals surface area contributed by atoms with Crippen LogP contribution in [0.5, 0.6) is 0 Å². The number of carbonyl (C=O) groups excluding carboxylic acids is 1. The van der Waals surface area contributed by atoms with E-state index in [1.54, 1.807) is 19.1 Å².